The fourth-order valence-corrected chi connectivity index (χ4v) is 2.62. The van der Waals surface area contributed by atoms with Crippen LogP contribution < -0.4 is 10.1 Å². The number of benzene rings is 2. The Morgan fingerprint density at radius 1 is 1.18 bits per heavy atom. The number of rotatable bonds is 8. The number of anilines is 1. The summed E-state index contributed by atoms with van der Waals surface area (Å²) >= 11 is 5.93. The van der Waals surface area contributed by atoms with Crippen molar-refractivity contribution < 1.29 is 27.4 Å². The van der Waals surface area contributed by atoms with Crippen LogP contribution in [-0.2, 0) is 17.5 Å². The molecule has 1 N–H and O–H groups in total. The molecule has 8 heteroatoms. The van der Waals surface area contributed by atoms with Crippen LogP contribution in [0.5, 0.6) is 5.75 Å². The molecule has 0 aliphatic rings. The average Bonchev–Trinajstić information content (AvgIpc) is 2.65. The molecule has 0 spiro atoms. The smallest absolute Gasteiger partial charge is 0.416 e. The maximum absolute atomic E-state index is 12.9. The lowest BCUT2D eigenvalue weighted by Crippen LogP contribution is -2.14. The number of hydrogen-bond acceptors (Lipinski definition) is 3. The summed E-state index contributed by atoms with van der Waals surface area (Å²) in [6, 6.07) is 7.48. The van der Waals surface area contributed by atoms with E-state index >= 15 is 0 Å². The van der Waals surface area contributed by atoms with E-state index in [9.17, 15) is 18.0 Å². The first kappa shape index (κ1) is 22.0. The van der Waals surface area contributed by atoms with E-state index in [2.05, 4.69) is 5.32 Å². The molecule has 0 saturated heterocycles. The number of carbonyl (C=O) groups is 1. The zero-order chi connectivity index (χ0) is 20.7. The van der Waals surface area contributed by atoms with E-state index in [1.165, 1.54) is 13.2 Å². The number of alkyl halides is 3. The van der Waals surface area contributed by atoms with Crippen LogP contribution in [0.3, 0.4) is 0 Å². The lowest BCUT2D eigenvalue weighted by atomic mass is 10.1. The molecular weight excluding hydrogens is 395 g/mol. The van der Waals surface area contributed by atoms with Crippen molar-refractivity contribution >= 4 is 23.2 Å². The minimum atomic E-state index is -4.53. The summed E-state index contributed by atoms with van der Waals surface area (Å²) < 4.78 is 49.5. The van der Waals surface area contributed by atoms with Gasteiger partial charge < -0.3 is 14.8 Å². The van der Waals surface area contributed by atoms with Gasteiger partial charge in [-0.1, -0.05) is 24.9 Å². The molecule has 152 valence electrons. The third-order valence-corrected chi connectivity index (χ3v) is 4.31. The molecule has 2 aromatic carbocycles. The predicted molar refractivity (Wildman–Crippen MR) is 102 cm³/mol. The van der Waals surface area contributed by atoms with Gasteiger partial charge in [0.05, 0.1) is 30.0 Å². The number of carbonyl (C=O) groups excluding carboxylic acids is 1. The molecule has 1 amide bonds. The number of hydrogen-bond donors (Lipinski definition) is 1. The maximum atomic E-state index is 12.9. The topological polar surface area (TPSA) is 47.6 Å². The Morgan fingerprint density at radius 3 is 2.57 bits per heavy atom. The second kappa shape index (κ2) is 9.80. The van der Waals surface area contributed by atoms with Crippen molar-refractivity contribution in [2.24, 2.45) is 0 Å². The summed E-state index contributed by atoms with van der Waals surface area (Å²) in [5, 5.41) is 2.44. The van der Waals surface area contributed by atoms with Crippen LogP contribution in [0.25, 0.3) is 0 Å². The highest BCUT2D eigenvalue weighted by molar-refractivity contribution is 6.34. The van der Waals surface area contributed by atoms with Crippen molar-refractivity contribution in [3.8, 4) is 5.75 Å². The Hall–Kier alpha value is -2.25. The van der Waals surface area contributed by atoms with Crippen LogP contribution >= 0.6 is 11.6 Å². The Morgan fingerprint density at radius 2 is 1.93 bits per heavy atom. The number of amides is 1. The molecule has 0 aliphatic carbocycles. The van der Waals surface area contributed by atoms with E-state index in [0.29, 0.717) is 17.9 Å². The molecule has 0 atom stereocenters. The van der Waals surface area contributed by atoms with Crippen LogP contribution in [0.15, 0.2) is 36.4 Å². The predicted octanol–water partition coefficient (Wildman–Crippen LogP) is 5.94. The van der Waals surface area contributed by atoms with Gasteiger partial charge in [-0.05, 0) is 42.8 Å². The Labute approximate surface area is 166 Å². The highest BCUT2D eigenvalue weighted by atomic mass is 35.5. The summed E-state index contributed by atoms with van der Waals surface area (Å²) in [5.41, 5.74) is -0.0882. The Kier molecular flexibility index (Phi) is 7.71. The summed E-state index contributed by atoms with van der Waals surface area (Å²) in [5.74, 6) is -0.0242. The fraction of sp³-hybridized carbons (Fsp3) is 0.350. The first-order valence-corrected chi connectivity index (χ1v) is 9.06. The minimum absolute atomic E-state index is 0.0120. The lowest BCUT2D eigenvalue weighted by molar-refractivity contribution is -0.137. The molecule has 0 heterocycles. The monoisotopic (exact) mass is 415 g/mol. The summed E-state index contributed by atoms with van der Waals surface area (Å²) in [6.45, 7) is 2.89. The zero-order valence-corrected chi connectivity index (χ0v) is 16.3. The summed E-state index contributed by atoms with van der Waals surface area (Å²) in [4.78, 5) is 12.5. The standard InChI is InChI=1S/C20H21ClF3NO3/c1-3-4-9-28-12-14-10-13(5-8-18(14)27-2)19(26)25-17-11-15(20(22,23)24)6-7-16(17)21/h5-8,10-11H,3-4,9,12H2,1-2H3,(H,25,26). The SMILES string of the molecule is CCCCOCc1cc(C(=O)Nc2cc(C(F)(F)F)ccc2Cl)ccc1OC. The molecule has 0 aromatic heterocycles. The Bertz CT molecular complexity index is 825. The summed E-state index contributed by atoms with van der Waals surface area (Å²) in [7, 11) is 1.51. The highest BCUT2D eigenvalue weighted by Crippen LogP contribution is 2.34. The minimum Gasteiger partial charge on any atom is -0.496 e. The average molecular weight is 416 g/mol. The number of halogens is 4. The van der Waals surface area contributed by atoms with Gasteiger partial charge in [-0.3, -0.25) is 4.79 Å². The van der Waals surface area contributed by atoms with Crippen molar-refractivity contribution in [1.82, 2.24) is 0 Å². The van der Waals surface area contributed by atoms with Gasteiger partial charge in [-0.25, -0.2) is 0 Å². The van der Waals surface area contributed by atoms with Crippen molar-refractivity contribution in [2.45, 2.75) is 32.5 Å². The lowest BCUT2D eigenvalue weighted by Gasteiger charge is -2.13. The van der Waals surface area contributed by atoms with E-state index in [1.807, 2.05) is 6.92 Å². The maximum Gasteiger partial charge on any atom is 0.416 e. The van der Waals surface area contributed by atoms with Crippen molar-refractivity contribution in [1.29, 1.82) is 0 Å². The van der Waals surface area contributed by atoms with Gasteiger partial charge in [0, 0.05) is 17.7 Å². The number of nitrogens with one attached hydrogen (secondary N) is 1. The van der Waals surface area contributed by atoms with Crippen LogP contribution in [0.1, 0.15) is 41.3 Å². The van der Waals surface area contributed by atoms with Gasteiger partial charge >= 0.3 is 6.18 Å². The van der Waals surface area contributed by atoms with Gasteiger partial charge in [-0.15, -0.1) is 0 Å². The molecular formula is C20H21ClF3NO3. The second-order valence-electron chi connectivity index (χ2n) is 6.08. The third kappa shape index (κ3) is 5.87. The van der Waals surface area contributed by atoms with Crippen LogP contribution in [0, 0.1) is 0 Å². The molecule has 0 aliphatic heterocycles. The normalized spacial score (nSPS) is 11.4. The van der Waals surface area contributed by atoms with E-state index in [-0.39, 0.29) is 22.9 Å². The summed E-state index contributed by atoms with van der Waals surface area (Å²) in [6.07, 6.45) is -2.62. The fourth-order valence-electron chi connectivity index (χ4n) is 2.45. The highest BCUT2D eigenvalue weighted by Gasteiger charge is 2.31. The van der Waals surface area contributed by atoms with Crippen molar-refractivity contribution in [2.75, 3.05) is 19.0 Å². The first-order chi connectivity index (χ1) is 13.3. The Balaban J connectivity index is 2.20. The molecule has 2 rings (SSSR count). The number of unbranched alkanes of at least 4 members (excludes halogenated alkanes) is 1. The van der Waals surface area contributed by atoms with E-state index in [1.54, 1.807) is 12.1 Å². The van der Waals surface area contributed by atoms with E-state index in [0.717, 1.165) is 31.0 Å². The molecule has 0 fully saturated rings. The third-order valence-electron chi connectivity index (χ3n) is 3.98. The van der Waals surface area contributed by atoms with Crippen molar-refractivity contribution in [3.63, 3.8) is 0 Å². The van der Waals surface area contributed by atoms with Crippen molar-refractivity contribution in [3.05, 3.63) is 58.1 Å². The quantitative estimate of drug-likeness (QED) is 0.543. The number of ether oxygens (including phenoxy) is 2. The zero-order valence-electron chi connectivity index (χ0n) is 15.5. The van der Waals surface area contributed by atoms with Gasteiger partial charge in [0.15, 0.2) is 0 Å². The van der Waals surface area contributed by atoms with E-state index in [4.69, 9.17) is 21.1 Å². The van der Waals surface area contributed by atoms with Gasteiger partial charge in [0.2, 0.25) is 0 Å². The molecule has 0 unspecified atom stereocenters. The molecule has 4 nitrogen and oxygen atoms in total. The molecule has 2 aromatic rings. The van der Waals surface area contributed by atoms with Gasteiger partial charge in [-0.2, -0.15) is 13.2 Å². The van der Waals surface area contributed by atoms with Gasteiger partial charge in [0.1, 0.15) is 5.75 Å². The molecule has 0 radical (unpaired) electrons. The largest absolute Gasteiger partial charge is 0.496 e. The first-order valence-electron chi connectivity index (χ1n) is 8.69. The second-order valence-corrected chi connectivity index (χ2v) is 6.49. The number of methoxy groups -OCH3 is 1. The van der Waals surface area contributed by atoms with Crippen LogP contribution in [-0.4, -0.2) is 19.6 Å². The van der Waals surface area contributed by atoms with E-state index < -0.39 is 17.6 Å². The molecule has 0 saturated carbocycles. The van der Waals surface area contributed by atoms with Gasteiger partial charge in [0.25, 0.3) is 5.91 Å². The molecule has 0 bridgehead atoms. The van der Waals surface area contributed by atoms with Crippen LogP contribution in [0.2, 0.25) is 5.02 Å². The van der Waals surface area contributed by atoms with Crippen LogP contribution in [0.4, 0.5) is 18.9 Å². The molecule has 28 heavy (non-hydrogen) atoms.